The average Bonchev–Trinajstić information content (AvgIpc) is 2.78. The molecule has 0 fully saturated rings. The number of nitriles is 1. The number of nitrogens with zero attached hydrogens (tertiary/aromatic N) is 2. The van der Waals surface area contributed by atoms with Crippen LogP contribution in [0.2, 0.25) is 10.0 Å². The molecule has 1 amide bonds. The first kappa shape index (κ1) is 24.3. The van der Waals surface area contributed by atoms with E-state index in [-0.39, 0.29) is 33.7 Å². The lowest BCUT2D eigenvalue weighted by Gasteiger charge is -2.11. The van der Waals surface area contributed by atoms with Gasteiger partial charge in [-0.05, 0) is 53.6 Å². The van der Waals surface area contributed by atoms with Gasteiger partial charge in [-0.15, -0.1) is 0 Å². The van der Waals surface area contributed by atoms with E-state index >= 15 is 0 Å². The molecule has 3 rings (SSSR count). The molecule has 0 bridgehead atoms. The van der Waals surface area contributed by atoms with Crippen LogP contribution in [0.1, 0.15) is 11.1 Å². The molecule has 7 nitrogen and oxygen atoms in total. The van der Waals surface area contributed by atoms with Crippen molar-refractivity contribution in [2.75, 3.05) is 5.32 Å². The molecule has 10 heteroatoms. The van der Waals surface area contributed by atoms with E-state index in [0.717, 1.165) is 4.47 Å². The standard InChI is InChI=1S/C23H14BrCl2N3O4/c24-17-4-6-18(7-5-17)28-23(30)16(12-27)8-15-10-20(25)22(21(26)11-15)33-13-14-2-1-3-19(9-14)29(31)32/h1-11H,13H2,(H,28,30)/b16-8-. The third-order valence-electron chi connectivity index (χ3n) is 4.30. The minimum Gasteiger partial charge on any atom is -0.486 e. The maximum atomic E-state index is 12.5. The summed E-state index contributed by atoms with van der Waals surface area (Å²) in [5.41, 5.74) is 1.33. The summed E-state index contributed by atoms with van der Waals surface area (Å²) in [6.45, 7) is 0.00927. The number of non-ortho nitro benzene ring substituents is 1. The molecule has 0 aliphatic rings. The molecular weight excluding hydrogens is 533 g/mol. The normalized spacial score (nSPS) is 10.9. The van der Waals surface area contributed by atoms with Gasteiger partial charge < -0.3 is 10.1 Å². The Morgan fingerprint density at radius 1 is 1.15 bits per heavy atom. The van der Waals surface area contributed by atoms with Crippen molar-refractivity contribution < 1.29 is 14.5 Å². The average molecular weight is 547 g/mol. The fourth-order valence-corrected chi connectivity index (χ4v) is 3.64. The van der Waals surface area contributed by atoms with Crippen LogP contribution in [0.25, 0.3) is 6.08 Å². The smallest absolute Gasteiger partial charge is 0.269 e. The first-order valence-corrected chi connectivity index (χ1v) is 10.9. The molecule has 0 spiro atoms. The number of nitro benzene ring substituents is 1. The van der Waals surface area contributed by atoms with E-state index in [0.29, 0.717) is 16.8 Å². The van der Waals surface area contributed by atoms with Crippen LogP contribution in [0.3, 0.4) is 0 Å². The Morgan fingerprint density at radius 3 is 2.42 bits per heavy atom. The van der Waals surface area contributed by atoms with Crippen molar-refractivity contribution in [3.63, 3.8) is 0 Å². The summed E-state index contributed by atoms with van der Waals surface area (Å²) in [5, 5.41) is 23.3. The molecule has 0 atom stereocenters. The summed E-state index contributed by atoms with van der Waals surface area (Å²) in [6, 6.07) is 17.8. The van der Waals surface area contributed by atoms with Gasteiger partial charge in [0.2, 0.25) is 0 Å². The Kier molecular flexibility index (Phi) is 8.06. The lowest BCUT2D eigenvalue weighted by atomic mass is 10.1. The van der Waals surface area contributed by atoms with Crippen molar-refractivity contribution in [3.8, 4) is 11.8 Å². The van der Waals surface area contributed by atoms with E-state index in [9.17, 15) is 20.2 Å². The molecule has 33 heavy (non-hydrogen) atoms. The number of hydrogen-bond acceptors (Lipinski definition) is 5. The molecule has 0 saturated carbocycles. The van der Waals surface area contributed by atoms with Crippen molar-refractivity contribution in [1.29, 1.82) is 5.26 Å². The fraction of sp³-hybridized carbons (Fsp3) is 0.0435. The van der Waals surface area contributed by atoms with Crippen molar-refractivity contribution in [2.24, 2.45) is 0 Å². The number of rotatable bonds is 7. The van der Waals surface area contributed by atoms with Gasteiger partial charge in [0.15, 0.2) is 5.75 Å². The van der Waals surface area contributed by atoms with Gasteiger partial charge in [-0.1, -0.05) is 51.3 Å². The summed E-state index contributed by atoms with van der Waals surface area (Å²) in [4.78, 5) is 22.9. The quantitative estimate of drug-likeness (QED) is 0.152. The first-order valence-electron chi connectivity index (χ1n) is 9.30. The number of anilines is 1. The summed E-state index contributed by atoms with van der Waals surface area (Å²) < 4.78 is 6.51. The van der Waals surface area contributed by atoms with Crippen LogP contribution in [0.15, 0.2) is 70.7 Å². The fourth-order valence-electron chi connectivity index (χ4n) is 2.76. The highest BCUT2D eigenvalue weighted by Gasteiger charge is 2.14. The van der Waals surface area contributed by atoms with Gasteiger partial charge in [0.05, 0.1) is 15.0 Å². The summed E-state index contributed by atoms with van der Waals surface area (Å²) in [7, 11) is 0. The van der Waals surface area contributed by atoms with E-state index < -0.39 is 10.8 Å². The van der Waals surface area contributed by atoms with Gasteiger partial charge in [-0.3, -0.25) is 14.9 Å². The first-order chi connectivity index (χ1) is 15.8. The number of carbonyl (C=O) groups excluding carboxylic acids is 1. The topological polar surface area (TPSA) is 105 Å². The van der Waals surface area contributed by atoms with E-state index in [1.165, 1.54) is 30.3 Å². The van der Waals surface area contributed by atoms with Gasteiger partial charge >= 0.3 is 0 Å². The molecule has 0 aliphatic heterocycles. The zero-order valence-electron chi connectivity index (χ0n) is 16.7. The Morgan fingerprint density at radius 2 is 1.82 bits per heavy atom. The molecule has 0 aromatic heterocycles. The second-order valence-electron chi connectivity index (χ2n) is 6.66. The Balaban J connectivity index is 1.76. The van der Waals surface area contributed by atoms with Crippen LogP contribution in [0.4, 0.5) is 11.4 Å². The van der Waals surface area contributed by atoms with Crippen molar-refractivity contribution in [2.45, 2.75) is 6.61 Å². The highest BCUT2D eigenvalue weighted by atomic mass is 79.9. The largest absolute Gasteiger partial charge is 0.486 e. The SMILES string of the molecule is N#C/C(=C/c1cc(Cl)c(OCc2cccc([N+](=O)[O-])c2)c(Cl)c1)C(=O)Nc1ccc(Br)cc1. The minimum atomic E-state index is -0.585. The maximum Gasteiger partial charge on any atom is 0.269 e. The van der Waals surface area contributed by atoms with E-state index in [4.69, 9.17) is 27.9 Å². The molecule has 1 N–H and O–H groups in total. The van der Waals surface area contributed by atoms with Crippen LogP contribution < -0.4 is 10.1 Å². The van der Waals surface area contributed by atoms with E-state index in [1.807, 2.05) is 6.07 Å². The van der Waals surface area contributed by atoms with Crippen LogP contribution in [0, 0.1) is 21.4 Å². The van der Waals surface area contributed by atoms with Crippen molar-refractivity contribution in [3.05, 3.63) is 102 Å². The predicted octanol–water partition coefficient (Wildman–Crippen LogP) is 6.79. The lowest BCUT2D eigenvalue weighted by molar-refractivity contribution is -0.384. The van der Waals surface area contributed by atoms with Crippen LogP contribution in [-0.2, 0) is 11.4 Å². The molecule has 166 valence electrons. The number of benzene rings is 3. The molecular formula is C23H14BrCl2N3O4. The molecule has 0 saturated heterocycles. The van der Waals surface area contributed by atoms with Crippen LogP contribution in [-0.4, -0.2) is 10.8 Å². The number of nitro groups is 1. The second kappa shape index (κ2) is 11.0. The van der Waals surface area contributed by atoms with Crippen molar-refractivity contribution >= 4 is 62.5 Å². The third-order valence-corrected chi connectivity index (χ3v) is 5.39. The van der Waals surface area contributed by atoms with Crippen LogP contribution >= 0.6 is 39.1 Å². The van der Waals surface area contributed by atoms with E-state index in [1.54, 1.807) is 36.4 Å². The zero-order chi connectivity index (χ0) is 24.0. The van der Waals surface area contributed by atoms with Crippen LogP contribution in [0.5, 0.6) is 5.75 Å². The second-order valence-corrected chi connectivity index (χ2v) is 8.39. The lowest BCUT2D eigenvalue weighted by Crippen LogP contribution is -2.13. The third kappa shape index (κ3) is 6.56. The van der Waals surface area contributed by atoms with Gasteiger partial charge in [-0.2, -0.15) is 5.26 Å². The molecule has 0 radical (unpaired) electrons. The highest BCUT2D eigenvalue weighted by Crippen LogP contribution is 2.35. The Bertz CT molecular complexity index is 1260. The number of carbonyl (C=O) groups is 1. The zero-order valence-corrected chi connectivity index (χ0v) is 19.8. The Hall–Kier alpha value is -3.38. The summed E-state index contributed by atoms with van der Waals surface area (Å²) in [6.07, 6.45) is 1.36. The predicted molar refractivity (Wildman–Crippen MR) is 130 cm³/mol. The molecule has 0 aliphatic carbocycles. The van der Waals surface area contributed by atoms with Crippen molar-refractivity contribution in [1.82, 2.24) is 0 Å². The van der Waals surface area contributed by atoms with Gasteiger partial charge in [0, 0.05) is 22.3 Å². The number of amides is 1. The highest BCUT2D eigenvalue weighted by molar-refractivity contribution is 9.10. The Labute approximate surface area is 207 Å². The minimum absolute atomic E-state index is 0.00927. The molecule has 0 heterocycles. The van der Waals surface area contributed by atoms with E-state index in [2.05, 4.69) is 21.2 Å². The number of ether oxygens (including phenoxy) is 1. The number of hydrogen-bond donors (Lipinski definition) is 1. The molecule has 0 unspecified atom stereocenters. The monoisotopic (exact) mass is 545 g/mol. The van der Waals surface area contributed by atoms with Gasteiger partial charge in [-0.25, -0.2) is 0 Å². The number of nitrogens with one attached hydrogen (secondary N) is 1. The molecule has 3 aromatic rings. The summed E-state index contributed by atoms with van der Waals surface area (Å²) in [5.74, 6) is -0.405. The molecule has 3 aromatic carbocycles. The maximum absolute atomic E-state index is 12.5. The van der Waals surface area contributed by atoms with Gasteiger partial charge in [0.1, 0.15) is 18.2 Å². The summed E-state index contributed by atoms with van der Waals surface area (Å²) >= 11 is 15.9. The number of halogens is 3. The van der Waals surface area contributed by atoms with Gasteiger partial charge in [0.25, 0.3) is 11.6 Å².